The minimum atomic E-state index is -0.204. The lowest BCUT2D eigenvalue weighted by Crippen LogP contribution is -2.32. The third-order valence-corrected chi connectivity index (χ3v) is 1.46. The topological polar surface area (TPSA) is 73.8 Å². The second-order valence-corrected chi connectivity index (χ2v) is 2.07. The Hall–Kier alpha value is -1.59. The second kappa shape index (κ2) is 2.22. The van der Waals surface area contributed by atoms with Crippen LogP contribution >= 0.6 is 0 Å². The van der Waals surface area contributed by atoms with Crippen LogP contribution in [0, 0.1) is 0 Å². The van der Waals surface area contributed by atoms with Crippen molar-refractivity contribution in [2.75, 3.05) is 7.05 Å². The number of aliphatic imine (C=N–C) groups is 3. The summed E-state index contributed by atoms with van der Waals surface area (Å²) in [5, 5.41) is 7.46. The molecule has 0 saturated carbocycles. The Labute approximate surface area is 62.8 Å². The summed E-state index contributed by atoms with van der Waals surface area (Å²) in [6.45, 7) is 0. The van der Waals surface area contributed by atoms with Crippen LogP contribution in [0.5, 0.6) is 0 Å². The van der Waals surface area contributed by atoms with E-state index in [1.165, 1.54) is 6.34 Å². The van der Waals surface area contributed by atoms with Crippen LogP contribution in [0.2, 0.25) is 0 Å². The zero-order chi connectivity index (χ0) is 7.68. The fourth-order valence-electron chi connectivity index (χ4n) is 0.928. The molecule has 0 fully saturated rings. The summed E-state index contributed by atoms with van der Waals surface area (Å²) in [6.07, 6.45) is 1.44. The third-order valence-electron chi connectivity index (χ3n) is 1.46. The molecule has 2 aliphatic heterocycles. The highest BCUT2D eigenvalue weighted by molar-refractivity contribution is 6.16. The summed E-state index contributed by atoms with van der Waals surface area (Å²) in [7, 11) is 1.67. The molecule has 2 heterocycles. The zero-order valence-corrected chi connectivity index (χ0v) is 5.89. The molecular formula is C5H6N6. The quantitative estimate of drug-likeness (QED) is 0.510. The molecule has 1 N–H and O–H groups in total. The number of rotatable bonds is 0. The van der Waals surface area contributed by atoms with Crippen molar-refractivity contribution in [3.05, 3.63) is 0 Å². The van der Waals surface area contributed by atoms with Crippen molar-refractivity contribution in [1.29, 1.82) is 0 Å². The molecule has 0 saturated heterocycles. The van der Waals surface area contributed by atoms with E-state index in [1.54, 1.807) is 7.05 Å². The van der Waals surface area contributed by atoms with Gasteiger partial charge in [0.25, 0.3) is 0 Å². The smallest absolute Gasteiger partial charge is 0.191 e. The highest BCUT2D eigenvalue weighted by Crippen LogP contribution is 2.07. The van der Waals surface area contributed by atoms with Crippen LogP contribution in [0.1, 0.15) is 0 Å². The van der Waals surface area contributed by atoms with Gasteiger partial charge in [0.05, 0.1) is 0 Å². The van der Waals surface area contributed by atoms with E-state index in [1.807, 2.05) is 0 Å². The van der Waals surface area contributed by atoms with Crippen molar-refractivity contribution in [2.24, 2.45) is 25.3 Å². The van der Waals surface area contributed by atoms with Gasteiger partial charge in [-0.25, -0.2) is 15.4 Å². The maximum Gasteiger partial charge on any atom is 0.191 e. The first-order valence-corrected chi connectivity index (χ1v) is 3.14. The minimum absolute atomic E-state index is 0.204. The standard InChI is InChI=1S/C5H6N6/c1-6-4-3-5(8-2-7-4)10-11-9-3/h2-3H,1H3,(H,6,7,8,9,10). The largest absolute Gasteiger partial charge is 0.272 e. The van der Waals surface area contributed by atoms with Gasteiger partial charge in [0.15, 0.2) is 17.7 Å². The predicted molar refractivity (Wildman–Crippen MR) is 41.1 cm³/mol. The fourth-order valence-corrected chi connectivity index (χ4v) is 0.928. The zero-order valence-electron chi connectivity index (χ0n) is 5.89. The molecule has 0 spiro atoms. The number of fused-ring (bicyclic) bond motifs is 1. The van der Waals surface area contributed by atoms with Gasteiger partial charge < -0.3 is 0 Å². The lowest BCUT2D eigenvalue weighted by Gasteiger charge is -2.07. The first-order valence-electron chi connectivity index (χ1n) is 3.14. The molecule has 11 heavy (non-hydrogen) atoms. The van der Waals surface area contributed by atoms with Crippen molar-refractivity contribution >= 4 is 18.0 Å². The van der Waals surface area contributed by atoms with E-state index in [0.717, 1.165) is 0 Å². The van der Waals surface area contributed by atoms with Crippen molar-refractivity contribution in [3.63, 3.8) is 0 Å². The predicted octanol–water partition coefficient (Wildman–Crippen LogP) is -0.206. The number of amidine groups is 2. The summed E-state index contributed by atoms with van der Waals surface area (Å²) < 4.78 is 0. The molecule has 0 aromatic heterocycles. The van der Waals surface area contributed by atoms with Crippen molar-refractivity contribution in [1.82, 2.24) is 5.43 Å². The average molecular weight is 150 g/mol. The van der Waals surface area contributed by atoms with Crippen LogP contribution in [-0.4, -0.2) is 31.1 Å². The van der Waals surface area contributed by atoms with E-state index in [9.17, 15) is 0 Å². The SMILES string of the molecule is CN=C1N=CN=C2NN=NC12. The van der Waals surface area contributed by atoms with Gasteiger partial charge in [-0.1, -0.05) is 5.22 Å². The number of nitrogens with zero attached hydrogens (tertiary/aromatic N) is 5. The summed E-state index contributed by atoms with van der Waals surface area (Å²) in [5.41, 5.74) is 2.66. The third kappa shape index (κ3) is 0.830. The molecule has 2 rings (SSSR count). The normalized spacial score (nSPS) is 30.1. The van der Waals surface area contributed by atoms with Crippen molar-refractivity contribution in [2.45, 2.75) is 6.04 Å². The van der Waals surface area contributed by atoms with Crippen LogP contribution in [0.15, 0.2) is 25.3 Å². The summed E-state index contributed by atoms with van der Waals surface area (Å²) in [6, 6.07) is -0.204. The van der Waals surface area contributed by atoms with Gasteiger partial charge in [0.1, 0.15) is 6.34 Å². The second-order valence-electron chi connectivity index (χ2n) is 2.07. The molecule has 0 aliphatic carbocycles. The molecule has 1 atom stereocenters. The van der Waals surface area contributed by atoms with Gasteiger partial charge in [-0.2, -0.15) is 5.11 Å². The van der Waals surface area contributed by atoms with E-state index in [-0.39, 0.29) is 6.04 Å². The summed E-state index contributed by atoms with van der Waals surface area (Å²) >= 11 is 0. The molecule has 0 bridgehead atoms. The Morgan fingerprint density at radius 2 is 2.55 bits per heavy atom. The average Bonchev–Trinajstić information content (AvgIpc) is 2.50. The van der Waals surface area contributed by atoms with Gasteiger partial charge in [-0.15, -0.1) is 0 Å². The van der Waals surface area contributed by atoms with Crippen LogP contribution in [0.25, 0.3) is 0 Å². The van der Waals surface area contributed by atoms with Gasteiger partial charge in [0, 0.05) is 7.05 Å². The molecule has 2 aliphatic rings. The maximum atomic E-state index is 3.94. The number of hydrogen-bond acceptors (Lipinski definition) is 5. The van der Waals surface area contributed by atoms with Crippen molar-refractivity contribution < 1.29 is 0 Å². The van der Waals surface area contributed by atoms with E-state index in [2.05, 4.69) is 30.7 Å². The molecule has 6 heteroatoms. The monoisotopic (exact) mass is 150 g/mol. The molecule has 0 amide bonds. The fraction of sp³-hybridized carbons (Fsp3) is 0.400. The molecule has 56 valence electrons. The van der Waals surface area contributed by atoms with Crippen LogP contribution < -0.4 is 5.43 Å². The van der Waals surface area contributed by atoms with Gasteiger partial charge in [-0.3, -0.25) is 4.99 Å². The molecule has 0 radical (unpaired) electrons. The summed E-state index contributed by atoms with van der Waals surface area (Å²) in [5.74, 6) is 1.34. The van der Waals surface area contributed by atoms with E-state index >= 15 is 0 Å². The number of nitrogens with one attached hydrogen (secondary N) is 1. The van der Waals surface area contributed by atoms with Crippen LogP contribution in [0.4, 0.5) is 0 Å². The van der Waals surface area contributed by atoms with Gasteiger partial charge >= 0.3 is 0 Å². The highest BCUT2D eigenvalue weighted by atomic mass is 15.5. The Morgan fingerprint density at radius 1 is 1.64 bits per heavy atom. The molecule has 0 aromatic rings. The van der Waals surface area contributed by atoms with Gasteiger partial charge in [-0.05, 0) is 0 Å². The van der Waals surface area contributed by atoms with Crippen LogP contribution in [0.3, 0.4) is 0 Å². The Bertz CT molecular complexity index is 285. The van der Waals surface area contributed by atoms with Gasteiger partial charge in [0.2, 0.25) is 0 Å². The molecule has 6 nitrogen and oxygen atoms in total. The Balaban J connectivity index is 2.38. The Kier molecular flexibility index (Phi) is 1.24. The first kappa shape index (κ1) is 6.14. The molecular weight excluding hydrogens is 144 g/mol. The Morgan fingerprint density at radius 3 is 3.36 bits per heavy atom. The molecule has 1 unspecified atom stereocenters. The first-order chi connectivity index (χ1) is 5.42. The van der Waals surface area contributed by atoms with Crippen molar-refractivity contribution in [3.8, 4) is 0 Å². The lowest BCUT2D eigenvalue weighted by molar-refractivity contribution is 0.949. The minimum Gasteiger partial charge on any atom is -0.272 e. The van der Waals surface area contributed by atoms with E-state index in [0.29, 0.717) is 11.7 Å². The van der Waals surface area contributed by atoms with E-state index in [4.69, 9.17) is 0 Å². The number of hydrogen-bond donors (Lipinski definition) is 1. The van der Waals surface area contributed by atoms with E-state index < -0.39 is 0 Å². The van der Waals surface area contributed by atoms with Crippen LogP contribution in [-0.2, 0) is 0 Å². The maximum absolute atomic E-state index is 3.94. The molecule has 0 aromatic carbocycles. The lowest BCUT2D eigenvalue weighted by atomic mass is 10.2. The summed E-state index contributed by atoms with van der Waals surface area (Å²) in [4.78, 5) is 11.8. The highest BCUT2D eigenvalue weighted by Gasteiger charge is 2.27.